The smallest absolute Gasteiger partial charge is 0.237 e. The molecular formula is C15H18FN3OS3. The van der Waals surface area contributed by atoms with Crippen LogP contribution in [0.2, 0.25) is 0 Å². The molecule has 2 rings (SSSR count). The number of benzene rings is 1. The fraction of sp³-hybridized carbons (Fsp3) is 0.400. The van der Waals surface area contributed by atoms with Crippen LogP contribution in [0, 0.1) is 11.7 Å². The maximum atomic E-state index is 12.9. The molecule has 1 aromatic heterocycles. The first kappa shape index (κ1) is 18.2. The molecule has 0 fully saturated rings. The third kappa shape index (κ3) is 6.12. The van der Waals surface area contributed by atoms with E-state index in [0.29, 0.717) is 11.6 Å². The number of anilines is 1. The molecule has 0 radical (unpaired) electrons. The van der Waals surface area contributed by atoms with Gasteiger partial charge in [-0.15, -0.1) is 10.2 Å². The molecule has 2 aromatic rings. The Morgan fingerprint density at radius 3 is 2.52 bits per heavy atom. The molecule has 0 spiro atoms. The summed E-state index contributed by atoms with van der Waals surface area (Å²) < 4.78 is 14.6. The lowest BCUT2D eigenvalue weighted by molar-refractivity contribution is -0.115. The lowest BCUT2D eigenvalue weighted by Crippen LogP contribution is -2.22. The number of hydrogen-bond acceptors (Lipinski definition) is 6. The van der Waals surface area contributed by atoms with Crippen molar-refractivity contribution in [2.24, 2.45) is 5.92 Å². The van der Waals surface area contributed by atoms with Crippen LogP contribution in [0.15, 0.2) is 32.9 Å². The van der Waals surface area contributed by atoms with Crippen molar-refractivity contribution >= 4 is 46.5 Å². The summed E-state index contributed by atoms with van der Waals surface area (Å²) in [5.74, 6) is 1.12. The van der Waals surface area contributed by atoms with Crippen molar-refractivity contribution in [3.8, 4) is 0 Å². The van der Waals surface area contributed by atoms with E-state index in [2.05, 4.69) is 29.4 Å². The average Bonchev–Trinajstić information content (AvgIpc) is 2.95. The number of carbonyl (C=O) groups excluding carboxylic acids is 1. The number of aromatic nitrogens is 2. The van der Waals surface area contributed by atoms with Gasteiger partial charge < -0.3 is 5.32 Å². The van der Waals surface area contributed by atoms with Gasteiger partial charge in [0.05, 0.1) is 5.25 Å². The zero-order valence-corrected chi connectivity index (χ0v) is 15.5. The van der Waals surface area contributed by atoms with Gasteiger partial charge in [0.15, 0.2) is 8.68 Å². The van der Waals surface area contributed by atoms with Gasteiger partial charge in [0.2, 0.25) is 5.91 Å². The second kappa shape index (κ2) is 8.65. The predicted octanol–water partition coefficient (Wildman–Crippen LogP) is 4.54. The Bertz CT molecular complexity index is 646. The molecule has 1 amide bonds. The Kier molecular flexibility index (Phi) is 6.86. The zero-order valence-electron chi connectivity index (χ0n) is 13.1. The number of carbonyl (C=O) groups is 1. The van der Waals surface area contributed by atoms with Gasteiger partial charge in [-0.05, 0) is 37.1 Å². The highest BCUT2D eigenvalue weighted by Crippen LogP contribution is 2.32. The Morgan fingerprint density at radius 1 is 1.22 bits per heavy atom. The second-order valence-corrected chi connectivity index (χ2v) is 9.13. The van der Waals surface area contributed by atoms with E-state index in [9.17, 15) is 9.18 Å². The van der Waals surface area contributed by atoms with Crippen LogP contribution in [0.1, 0.15) is 20.8 Å². The molecule has 0 saturated carbocycles. The van der Waals surface area contributed by atoms with E-state index < -0.39 is 0 Å². The Hall–Kier alpha value is -1.12. The SMILES string of the molecule is CC(C)CSc1nnc(S[C@@H](C)C(=O)Nc2ccc(F)cc2)s1. The molecule has 8 heteroatoms. The fourth-order valence-electron chi connectivity index (χ4n) is 1.52. The topological polar surface area (TPSA) is 54.9 Å². The number of nitrogens with one attached hydrogen (secondary N) is 1. The van der Waals surface area contributed by atoms with Crippen molar-refractivity contribution < 1.29 is 9.18 Å². The van der Waals surface area contributed by atoms with Gasteiger partial charge >= 0.3 is 0 Å². The van der Waals surface area contributed by atoms with Gasteiger partial charge in [0.25, 0.3) is 0 Å². The standard InChI is InChI=1S/C15H18FN3OS3/c1-9(2)8-21-14-18-19-15(23-14)22-10(3)13(20)17-12-6-4-11(16)5-7-12/h4-7,9-10H,8H2,1-3H3,(H,17,20)/t10-/m0/s1. The lowest BCUT2D eigenvalue weighted by atomic mass is 10.3. The molecule has 23 heavy (non-hydrogen) atoms. The van der Waals surface area contributed by atoms with E-state index in [1.165, 1.54) is 47.4 Å². The molecule has 1 N–H and O–H groups in total. The van der Waals surface area contributed by atoms with Crippen LogP contribution in [-0.4, -0.2) is 27.1 Å². The molecule has 0 unspecified atom stereocenters. The molecular weight excluding hydrogens is 353 g/mol. The summed E-state index contributed by atoms with van der Waals surface area (Å²) in [7, 11) is 0. The van der Waals surface area contributed by atoms with Crippen LogP contribution >= 0.6 is 34.9 Å². The summed E-state index contributed by atoms with van der Waals surface area (Å²) in [6.07, 6.45) is 0. The first-order valence-electron chi connectivity index (χ1n) is 7.13. The van der Waals surface area contributed by atoms with Crippen LogP contribution in [0.5, 0.6) is 0 Å². The number of thioether (sulfide) groups is 2. The monoisotopic (exact) mass is 371 g/mol. The van der Waals surface area contributed by atoms with Crippen molar-refractivity contribution in [1.82, 2.24) is 10.2 Å². The van der Waals surface area contributed by atoms with E-state index in [-0.39, 0.29) is 17.0 Å². The number of hydrogen-bond donors (Lipinski definition) is 1. The first-order valence-corrected chi connectivity index (χ1v) is 9.81. The van der Waals surface area contributed by atoms with Gasteiger partial charge in [-0.25, -0.2) is 4.39 Å². The van der Waals surface area contributed by atoms with E-state index in [4.69, 9.17) is 0 Å². The van der Waals surface area contributed by atoms with Crippen LogP contribution in [-0.2, 0) is 4.79 Å². The van der Waals surface area contributed by atoms with E-state index >= 15 is 0 Å². The molecule has 1 atom stereocenters. The van der Waals surface area contributed by atoms with Crippen molar-refractivity contribution in [3.05, 3.63) is 30.1 Å². The average molecular weight is 372 g/mol. The summed E-state index contributed by atoms with van der Waals surface area (Å²) in [4.78, 5) is 12.1. The Labute approximate surface area is 147 Å². The normalized spacial score (nSPS) is 12.4. The number of rotatable bonds is 7. The number of amides is 1. The van der Waals surface area contributed by atoms with Crippen molar-refractivity contribution in [2.45, 2.75) is 34.7 Å². The summed E-state index contributed by atoms with van der Waals surface area (Å²) in [6, 6.07) is 5.71. The first-order chi connectivity index (χ1) is 10.9. The summed E-state index contributed by atoms with van der Waals surface area (Å²) in [6.45, 7) is 6.13. The quantitative estimate of drug-likeness (QED) is 0.724. The lowest BCUT2D eigenvalue weighted by Gasteiger charge is -2.10. The summed E-state index contributed by atoms with van der Waals surface area (Å²) in [5, 5.41) is 10.7. The third-order valence-electron chi connectivity index (χ3n) is 2.69. The molecule has 124 valence electrons. The van der Waals surface area contributed by atoms with E-state index in [1.54, 1.807) is 11.8 Å². The molecule has 1 heterocycles. The predicted molar refractivity (Wildman–Crippen MR) is 95.8 cm³/mol. The summed E-state index contributed by atoms with van der Waals surface area (Å²) >= 11 is 4.56. The highest BCUT2D eigenvalue weighted by Gasteiger charge is 2.17. The highest BCUT2D eigenvalue weighted by atomic mass is 32.2. The van der Waals surface area contributed by atoms with Gasteiger partial charge in [-0.2, -0.15) is 0 Å². The van der Waals surface area contributed by atoms with Crippen LogP contribution < -0.4 is 5.32 Å². The van der Waals surface area contributed by atoms with Gasteiger partial charge in [-0.1, -0.05) is 48.7 Å². The van der Waals surface area contributed by atoms with Crippen LogP contribution in [0.3, 0.4) is 0 Å². The van der Waals surface area contributed by atoms with Crippen molar-refractivity contribution in [3.63, 3.8) is 0 Å². The van der Waals surface area contributed by atoms with Gasteiger partial charge in [0, 0.05) is 11.4 Å². The minimum Gasteiger partial charge on any atom is -0.325 e. The molecule has 0 aliphatic rings. The molecule has 4 nitrogen and oxygen atoms in total. The van der Waals surface area contributed by atoms with Crippen molar-refractivity contribution in [2.75, 3.05) is 11.1 Å². The Morgan fingerprint density at radius 2 is 1.87 bits per heavy atom. The third-order valence-corrected chi connectivity index (χ3v) is 6.35. The molecule has 0 saturated heterocycles. The van der Waals surface area contributed by atoms with Gasteiger partial charge in [-0.3, -0.25) is 4.79 Å². The molecule has 0 aliphatic carbocycles. The maximum absolute atomic E-state index is 12.9. The molecule has 0 aliphatic heterocycles. The second-order valence-electron chi connectivity index (χ2n) is 5.29. The molecule has 1 aromatic carbocycles. The minimum atomic E-state index is -0.328. The molecule has 0 bridgehead atoms. The van der Waals surface area contributed by atoms with Crippen molar-refractivity contribution in [1.29, 1.82) is 0 Å². The highest BCUT2D eigenvalue weighted by molar-refractivity contribution is 8.03. The van der Waals surface area contributed by atoms with Crippen LogP contribution in [0.25, 0.3) is 0 Å². The number of halogens is 1. The number of nitrogens with zero attached hydrogens (tertiary/aromatic N) is 2. The fourth-order valence-corrected chi connectivity index (χ4v) is 4.66. The van der Waals surface area contributed by atoms with Gasteiger partial charge in [0.1, 0.15) is 5.82 Å². The Balaban J connectivity index is 1.86. The summed E-state index contributed by atoms with van der Waals surface area (Å²) in [5.41, 5.74) is 0.578. The van der Waals surface area contributed by atoms with E-state index in [1.807, 2.05) is 6.92 Å². The largest absolute Gasteiger partial charge is 0.325 e. The minimum absolute atomic E-state index is 0.145. The van der Waals surface area contributed by atoms with E-state index in [0.717, 1.165) is 14.4 Å². The zero-order chi connectivity index (χ0) is 16.8. The van der Waals surface area contributed by atoms with Crippen LogP contribution in [0.4, 0.5) is 10.1 Å². The maximum Gasteiger partial charge on any atom is 0.237 e.